The van der Waals surface area contributed by atoms with E-state index in [-0.39, 0.29) is 5.76 Å². The van der Waals surface area contributed by atoms with Crippen molar-refractivity contribution in [3.8, 4) is 0 Å². The Hall–Kier alpha value is -1.36. The second kappa shape index (κ2) is 3.36. The van der Waals surface area contributed by atoms with Crippen LogP contribution in [-0.4, -0.2) is 16.1 Å². The summed E-state index contributed by atoms with van der Waals surface area (Å²) in [4.78, 5) is 9.69. The van der Waals surface area contributed by atoms with Crippen LogP contribution in [0.5, 0.6) is 0 Å². The standard InChI is InChI=1S/C7H9NO4/c1-5(8(10)11)7(9)6-3-2-4-12-6/h2-5,7,9H,1H3/t5-,7+/m0/s1. The van der Waals surface area contributed by atoms with Crippen molar-refractivity contribution < 1.29 is 14.4 Å². The Morgan fingerprint density at radius 1 is 1.75 bits per heavy atom. The molecule has 5 heteroatoms. The molecule has 2 atom stereocenters. The molecule has 12 heavy (non-hydrogen) atoms. The van der Waals surface area contributed by atoms with Gasteiger partial charge in [0.2, 0.25) is 6.04 Å². The number of hydrogen-bond acceptors (Lipinski definition) is 4. The molecule has 0 saturated heterocycles. The normalized spacial score (nSPS) is 15.5. The molecule has 0 radical (unpaired) electrons. The largest absolute Gasteiger partial charge is 0.466 e. The third-order valence-electron chi connectivity index (χ3n) is 1.62. The maximum atomic E-state index is 10.2. The summed E-state index contributed by atoms with van der Waals surface area (Å²) in [6, 6.07) is 2.03. The molecule has 66 valence electrons. The van der Waals surface area contributed by atoms with E-state index in [0.29, 0.717) is 0 Å². The third kappa shape index (κ3) is 1.62. The molecule has 0 spiro atoms. The van der Waals surface area contributed by atoms with E-state index < -0.39 is 17.1 Å². The molecule has 5 nitrogen and oxygen atoms in total. The quantitative estimate of drug-likeness (QED) is 0.543. The molecule has 1 heterocycles. The first-order valence-electron chi connectivity index (χ1n) is 3.48. The first-order chi connectivity index (χ1) is 5.63. The van der Waals surface area contributed by atoms with Crippen LogP contribution in [0.1, 0.15) is 18.8 Å². The van der Waals surface area contributed by atoms with Crippen LogP contribution < -0.4 is 0 Å². The van der Waals surface area contributed by atoms with Gasteiger partial charge in [-0.15, -0.1) is 0 Å². The molecule has 0 unspecified atom stereocenters. The van der Waals surface area contributed by atoms with Gasteiger partial charge in [0.05, 0.1) is 6.26 Å². The predicted octanol–water partition coefficient (Wildman–Crippen LogP) is 0.978. The maximum absolute atomic E-state index is 10.2. The molecule has 1 aromatic rings. The van der Waals surface area contributed by atoms with E-state index in [0.717, 1.165) is 0 Å². The van der Waals surface area contributed by atoms with Gasteiger partial charge in [0.1, 0.15) is 5.76 Å². The number of aliphatic hydroxyl groups excluding tert-OH is 1. The van der Waals surface area contributed by atoms with Gasteiger partial charge in [-0.1, -0.05) is 0 Å². The van der Waals surface area contributed by atoms with Gasteiger partial charge in [0, 0.05) is 11.8 Å². The highest BCUT2D eigenvalue weighted by molar-refractivity contribution is 5.02. The lowest BCUT2D eigenvalue weighted by Gasteiger charge is -2.08. The topological polar surface area (TPSA) is 76.5 Å². The van der Waals surface area contributed by atoms with E-state index in [1.807, 2.05) is 0 Å². The van der Waals surface area contributed by atoms with Crippen molar-refractivity contribution in [2.75, 3.05) is 0 Å². The van der Waals surface area contributed by atoms with Gasteiger partial charge >= 0.3 is 0 Å². The molecule has 0 amide bonds. The third-order valence-corrected chi connectivity index (χ3v) is 1.62. The molecule has 0 aromatic carbocycles. The van der Waals surface area contributed by atoms with Gasteiger partial charge in [0.15, 0.2) is 6.10 Å². The Balaban J connectivity index is 2.71. The zero-order chi connectivity index (χ0) is 9.14. The molecule has 0 aliphatic heterocycles. The van der Waals surface area contributed by atoms with Crippen LogP contribution in [0, 0.1) is 10.1 Å². The van der Waals surface area contributed by atoms with Crippen molar-refractivity contribution in [1.82, 2.24) is 0 Å². The number of nitro groups is 1. The van der Waals surface area contributed by atoms with E-state index in [1.165, 1.54) is 19.3 Å². The smallest absolute Gasteiger partial charge is 0.243 e. The van der Waals surface area contributed by atoms with Crippen molar-refractivity contribution in [3.63, 3.8) is 0 Å². The Labute approximate surface area is 68.8 Å². The predicted molar refractivity (Wildman–Crippen MR) is 40.1 cm³/mol. The minimum atomic E-state index is -1.17. The molecule has 0 fully saturated rings. The monoisotopic (exact) mass is 171 g/mol. The number of furan rings is 1. The van der Waals surface area contributed by atoms with Gasteiger partial charge in [-0.25, -0.2) is 0 Å². The maximum Gasteiger partial charge on any atom is 0.243 e. The number of hydrogen-bond donors (Lipinski definition) is 1. The summed E-state index contributed by atoms with van der Waals surface area (Å²) in [5.74, 6) is 0.221. The Morgan fingerprint density at radius 2 is 2.42 bits per heavy atom. The molecule has 1 rings (SSSR count). The average molecular weight is 171 g/mol. The summed E-state index contributed by atoms with van der Waals surface area (Å²) in [6.07, 6.45) is 0.195. The molecule has 0 bridgehead atoms. The van der Waals surface area contributed by atoms with Crippen molar-refractivity contribution in [2.45, 2.75) is 19.1 Å². The second-order valence-corrected chi connectivity index (χ2v) is 2.49. The summed E-state index contributed by atoms with van der Waals surface area (Å²) >= 11 is 0. The lowest BCUT2D eigenvalue weighted by atomic mass is 10.1. The highest BCUT2D eigenvalue weighted by Gasteiger charge is 2.27. The average Bonchev–Trinajstić information content (AvgIpc) is 2.53. The van der Waals surface area contributed by atoms with Crippen LogP contribution in [0.25, 0.3) is 0 Å². The minimum absolute atomic E-state index is 0.221. The van der Waals surface area contributed by atoms with Gasteiger partial charge in [0.25, 0.3) is 0 Å². The van der Waals surface area contributed by atoms with Crippen LogP contribution in [0.4, 0.5) is 0 Å². The molecular formula is C7H9NO4. The Bertz CT molecular complexity index is 256. The highest BCUT2D eigenvalue weighted by Crippen LogP contribution is 2.18. The van der Waals surface area contributed by atoms with Crippen LogP contribution in [0.2, 0.25) is 0 Å². The van der Waals surface area contributed by atoms with E-state index in [9.17, 15) is 15.2 Å². The lowest BCUT2D eigenvalue weighted by molar-refractivity contribution is -0.531. The molecular weight excluding hydrogens is 162 g/mol. The van der Waals surface area contributed by atoms with Gasteiger partial charge in [-0.05, 0) is 12.1 Å². The van der Waals surface area contributed by atoms with E-state index in [2.05, 4.69) is 0 Å². The number of rotatable bonds is 3. The summed E-state index contributed by atoms with van der Waals surface area (Å²) in [6.45, 7) is 1.33. The summed E-state index contributed by atoms with van der Waals surface area (Å²) in [7, 11) is 0. The molecule has 0 aliphatic rings. The molecule has 0 aliphatic carbocycles. The van der Waals surface area contributed by atoms with Crippen molar-refractivity contribution in [2.24, 2.45) is 0 Å². The Kier molecular flexibility index (Phi) is 2.44. The minimum Gasteiger partial charge on any atom is -0.466 e. The SMILES string of the molecule is C[C@@H]([C@@H](O)c1ccco1)[N+](=O)[O-]. The fourth-order valence-electron chi connectivity index (χ4n) is 0.813. The zero-order valence-corrected chi connectivity index (χ0v) is 6.51. The molecule has 1 N–H and O–H groups in total. The van der Waals surface area contributed by atoms with Gasteiger partial charge in [-0.2, -0.15) is 0 Å². The summed E-state index contributed by atoms with van der Waals surface area (Å²) in [5, 5.41) is 19.6. The lowest BCUT2D eigenvalue weighted by Crippen LogP contribution is -2.23. The first-order valence-corrected chi connectivity index (χ1v) is 3.48. The van der Waals surface area contributed by atoms with Crippen LogP contribution in [0.15, 0.2) is 22.8 Å². The fourth-order valence-corrected chi connectivity index (χ4v) is 0.813. The van der Waals surface area contributed by atoms with Crippen LogP contribution >= 0.6 is 0 Å². The van der Waals surface area contributed by atoms with Gasteiger partial charge < -0.3 is 9.52 Å². The van der Waals surface area contributed by atoms with E-state index in [4.69, 9.17) is 4.42 Å². The van der Waals surface area contributed by atoms with Gasteiger partial charge in [-0.3, -0.25) is 10.1 Å². The van der Waals surface area contributed by atoms with E-state index >= 15 is 0 Å². The van der Waals surface area contributed by atoms with Crippen LogP contribution in [0.3, 0.4) is 0 Å². The number of nitrogens with zero attached hydrogens (tertiary/aromatic N) is 1. The second-order valence-electron chi connectivity index (χ2n) is 2.49. The molecule has 0 saturated carbocycles. The fraction of sp³-hybridized carbons (Fsp3) is 0.429. The van der Waals surface area contributed by atoms with Crippen molar-refractivity contribution in [1.29, 1.82) is 0 Å². The Morgan fingerprint density at radius 3 is 2.83 bits per heavy atom. The summed E-state index contributed by atoms with van der Waals surface area (Å²) in [5.41, 5.74) is 0. The zero-order valence-electron chi connectivity index (χ0n) is 6.51. The van der Waals surface area contributed by atoms with Crippen molar-refractivity contribution >= 4 is 0 Å². The van der Waals surface area contributed by atoms with Crippen molar-refractivity contribution in [3.05, 3.63) is 34.3 Å². The highest BCUT2D eigenvalue weighted by atomic mass is 16.6. The first kappa shape index (κ1) is 8.73. The van der Waals surface area contributed by atoms with E-state index in [1.54, 1.807) is 6.07 Å². The van der Waals surface area contributed by atoms with Crippen LogP contribution in [-0.2, 0) is 0 Å². The summed E-state index contributed by atoms with van der Waals surface area (Å²) < 4.78 is 4.81. The number of aliphatic hydroxyl groups is 1. The molecule has 1 aromatic heterocycles.